The minimum atomic E-state index is -0.252. The van der Waals surface area contributed by atoms with Crippen LogP contribution in [0.5, 0.6) is 0 Å². The van der Waals surface area contributed by atoms with E-state index in [9.17, 15) is 9.90 Å². The normalized spacial score (nSPS) is 21.9. The lowest BCUT2D eigenvalue weighted by Gasteiger charge is -2.15. The topological polar surface area (TPSA) is 79.2 Å². The zero-order chi connectivity index (χ0) is 14.4. The maximum atomic E-state index is 11.6. The van der Waals surface area contributed by atoms with Crippen molar-refractivity contribution >= 4 is 6.03 Å². The third-order valence-electron chi connectivity index (χ3n) is 3.76. The summed E-state index contributed by atoms with van der Waals surface area (Å²) in [5, 5.41) is 19.5. The molecule has 1 aliphatic carbocycles. The molecule has 0 aliphatic heterocycles. The van der Waals surface area contributed by atoms with Crippen molar-refractivity contribution in [1.29, 1.82) is 0 Å². The standard InChI is InChI=1S/C14H24N4O2/c1-11-8-17-18(10-11)7-3-6-15-14(20)16-9-12-4-2-5-13(12)19/h8,10,12-13,19H,2-7,9H2,1H3,(H2,15,16,20)/t12-,13+/m1/s1. The number of nitrogens with zero attached hydrogens (tertiary/aromatic N) is 2. The van der Waals surface area contributed by atoms with Gasteiger partial charge in [-0.25, -0.2) is 4.79 Å². The first-order valence-corrected chi connectivity index (χ1v) is 7.34. The summed E-state index contributed by atoms with van der Waals surface area (Å²) in [4.78, 5) is 11.6. The highest BCUT2D eigenvalue weighted by Crippen LogP contribution is 2.24. The molecule has 0 bridgehead atoms. The van der Waals surface area contributed by atoms with E-state index in [0.717, 1.165) is 37.8 Å². The number of aliphatic hydroxyl groups excluding tert-OH is 1. The summed E-state index contributed by atoms with van der Waals surface area (Å²) in [7, 11) is 0. The molecule has 6 nitrogen and oxygen atoms in total. The van der Waals surface area contributed by atoms with E-state index in [4.69, 9.17) is 0 Å². The summed E-state index contributed by atoms with van der Waals surface area (Å²) in [6, 6.07) is -0.152. The highest BCUT2D eigenvalue weighted by atomic mass is 16.3. The number of aryl methyl sites for hydroxylation is 2. The van der Waals surface area contributed by atoms with Crippen LogP contribution in [0, 0.1) is 12.8 Å². The molecule has 0 saturated heterocycles. The first-order chi connectivity index (χ1) is 9.65. The second-order valence-electron chi connectivity index (χ2n) is 5.53. The molecule has 0 unspecified atom stereocenters. The van der Waals surface area contributed by atoms with E-state index in [2.05, 4.69) is 15.7 Å². The maximum absolute atomic E-state index is 11.6. The van der Waals surface area contributed by atoms with Crippen molar-refractivity contribution in [3.05, 3.63) is 18.0 Å². The molecule has 3 N–H and O–H groups in total. The lowest BCUT2D eigenvalue weighted by atomic mass is 10.1. The highest BCUT2D eigenvalue weighted by Gasteiger charge is 2.25. The van der Waals surface area contributed by atoms with Gasteiger partial charge >= 0.3 is 6.03 Å². The molecular formula is C14H24N4O2. The molecule has 0 spiro atoms. The molecule has 0 aromatic carbocycles. The fourth-order valence-corrected chi connectivity index (χ4v) is 2.57. The molecule has 2 rings (SSSR count). The Hall–Kier alpha value is -1.56. The van der Waals surface area contributed by atoms with Crippen LogP contribution >= 0.6 is 0 Å². The van der Waals surface area contributed by atoms with E-state index in [1.54, 1.807) is 0 Å². The summed E-state index contributed by atoms with van der Waals surface area (Å²) in [6.45, 7) is 3.99. The number of amides is 2. The Kier molecular flexibility index (Phi) is 5.40. The predicted molar refractivity (Wildman–Crippen MR) is 76.3 cm³/mol. The molecule has 1 fully saturated rings. The molecular weight excluding hydrogens is 256 g/mol. The van der Waals surface area contributed by atoms with Gasteiger partial charge in [-0.05, 0) is 31.7 Å². The van der Waals surface area contributed by atoms with Crippen molar-refractivity contribution < 1.29 is 9.90 Å². The van der Waals surface area contributed by atoms with E-state index in [1.165, 1.54) is 0 Å². The molecule has 1 heterocycles. The van der Waals surface area contributed by atoms with E-state index >= 15 is 0 Å². The van der Waals surface area contributed by atoms with Crippen molar-refractivity contribution in [2.45, 2.75) is 45.3 Å². The number of hydrogen-bond acceptors (Lipinski definition) is 3. The monoisotopic (exact) mass is 280 g/mol. The maximum Gasteiger partial charge on any atom is 0.314 e. The summed E-state index contributed by atoms with van der Waals surface area (Å²) >= 11 is 0. The first-order valence-electron chi connectivity index (χ1n) is 7.34. The van der Waals surface area contributed by atoms with Crippen molar-refractivity contribution in [2.24, 2.45) is 5.92 Å². The van der Waals surface area contributed by atoms with Crippen molar-refractivity contribution in [3.63, 3.8) is 0 Å². The summed E-state index contributed by atoms with van der Waals surface area (Å²) in [5.74, 6) is 0.216. The summed E-state index contributed by atoms with van der Waals surface area (Å²) < 4.78 is 1.88. The molecule has 1 aromatic rings. The SMILES string of the molecule is Cc1cnn(CCCNC(=O)NC[C@H]2CCC[C@@H]2O)c1. The van der Waals surface area contributed by atoms with Crippen molar-refractivity contribution in [3.8, 4) is 0 Å². The van der Waals surface area contributed by atoms with Gasteiger partial charge in [0.15, 0.2) is 0 Å². The Balaban J connectivity index is 1.54. The number of aromatic nitrogens is 2. The first kappa shape index (κ1) is 14.8. The number of carbonyl (C=O) groups is 1. The van der Waals surface area contributed by atoms with Crippen LogP contribution in [-0.2, 0) is 6.54 Å². The number of urea groups is 1. The molecule has 2 amide bonds. The molecule has 0 radical (unpaired) electrons. The van der Waals surface area contributed by atoms with Gasteiger partial charge in [0.1, 0.15) is 0 Å². The zero-order valence-corrected chi connectivity index (χ0v) is 12.0. The lowest BCUT2D eigenvalue weighted by molar-refractivity contribution is 0.132. The van der Waals surface area contributed by atoms with Gasteiger partial charge in [0.2, 0.25) is 0 Å². The Morgan fingerprint density at radius 3 is 3.00 bits per heavy atom. The Labute approximate surface area is 119 Å². The van der Waals surface area contributed by atoms with Gasteiger partial charge in [-0.1, -0.05) is 6.42 Å². The number of carbonyl (C=O) groups excluding carboxylic acids is 1. The van der Waals surface area contributed by atoms with Crippen LogP contribution in [-0.4, -0.2) is 40.1 Å². The molecule has 6 heteroatoms. The average Bonchev–Trinajstić information content (AvgIpc) is 3.01. The van der Waals surface area contributed by atoms with Gasteiger partial charge in [-0.3, -0.25) is 4.68 Å². The average molecular weight is 280 g/mol. The van der Waals surface area contributed by atoms with E-state index in [0.29, 0.717) is 13.1 Å². The smallest absolute Gasteiger partial charge is 0.314 e. The largest absolute Gasteiger partial charge is 0.393 e. The predicted octanol–water partition coefficient (Wildman–Crippen LogP) is 1.04. The van der Waals surface area contributed by atoms with Crippen molar-refractivity contribution in [2.75, 3.05) is 13.1 Å². The van der Waals surface area contributed by atoms with E-state index < -0.39 is 0 Å². The van der Waals surface area contributed by atoms with Gasteiger partial charge in [0.05, 0.1) is 12.3 Å². The van der Waals surface area contributed by atoms with Crippen LogP contribution in [0.3, 0.4) is 0 Å². The van der Waals surface area contributed by atoms with Crippen LogP contribution in [0.15, 0.2) is 12.4 Å². The van der Waals surface area contributed by atoms with Gasteiger partial charge in [-0.15, -0.1) is 0 Å². The third-order valence-corrected chi connectivity index (χ3v) is 3.76. The number of nitrogens with one attached hydrogen (secondary N) is 2. The number of hydrogen-bond donors (Lipinski definition) is 3. The zero-order valence-electron chi connectivity index (χ0n) is 12.0. The number of rotatable bonds is 6. The quantitative estimate of drug-likeness (QED) is 0.681. The lowest BCUT2D eigenvalue weighted by Crippen LogP contribution is -2.40. The second-order valence-corrected chi connectivity index (χ2v) is 5.53. The minimum Gasteiger partial charge on any atom is -0.393 e. The van der Waals surface area contributed by atoms with Gasteiger partial charge in [0, 0.05) is 31.7 Å². The van der Waals surface area contributed by atoms with Crippen LogP contribution in [0.25, 0.3) is 0 Å². The van der Waals surface area contributed by atoms with Crippen LogP contribution < -0.4 is 10.6 Å². The molecule has 1 aromatic heterocycles. The number of aliphatic hydroxyl groups is 1. The van der Waals surface area contributed by atoms with Gasteiger partial charge in [-0.2, -0.15) is 5.10 Å². The van der Waals surface area contributed by atoms with Gasteiger partial charge in [0.25, 0.3) is 0 Å². The highest BCUT2D eigenvalue weighted by molar-refractivity contribution is 5.73. The minimum absolute atomic E-state index is 0.152. The van der Waals surface area contributed by atoms with E-state index in [-0.39, 0.29) is 18.1 Å². The Bertz CT molecular complexity index is 433. The van der Waals surface area contributed by atoms with Crippen LogP contribution in [0.1, 0.15) is 31.2 Å². The van der Waals surface area contributed by atoms with Crippen LogP contribution in [0.4, 0.5) is 4.79 Å². The summed E-state index contributed by atoms with van der Waals surface area (Å²) in [6.07, 6.45) is 7.32. The molecule has 2 atom stereocenters. The molecule has 20 heavy (non-hydrogen) atoms. The molecule has 1 saturated carbocycles. The third kappa shape index (κ3) is 4.52. The fourth-order valence-electron chi connectivity index (χ4n) is 2.57. The van der Waals surface area contributed by atoms with Gasteiger partial charge < -0.3 is 15.7 Å². The summed E-state index contributed by atoms with van der Waals surface area (Å²) in [5.41, 5.74) is 1.14. The Morgan fingerprint density at radius 1 is 1.50 bits per heavy atom. The molecule has 1 aliphatic rings. The van der Waals surface area contributed by atoms with Crippen molar-refractivity contribution in [1.82, 2.24) is 20.4 Å². The second kappa shape index (κ2) is 7.28. The van der Waals surface area contributed by atoms with Crippen LogP contribution in [0.2, 0.25) is 0 Å². The molecule has 112 valence electrons. The Morgan fingerprint density at radius 2 is 2.35 bits per heavy atom. The van der Waals surface area contributed by atoms with E-state index in [1.807, 2.05) is 24.0 Å². The fraction of sp³-hybridized carbons (Fsp3) is 0.714.